The van der Waals surface area contributed by atoms with Crippen molar-refractivity contribution < 1.29 is 36.9 Å². The van der Waals surface area contributed by atoms with Crippen molar-refractivity contribution in [3.63, 3.8) is 0 Å². The van der Waals surface area contributed by atoms with Crippen molar-refractivity contribution in [3.05, 3.63) is 59.7 Å². The molecule has 2 aromatic rings. The Morgan fingerprint density at radius 1 is 0.714 bits per heavy atom. The number of benzene rings is 2. The third-order valence-electron chi connectivity index (χ3n) is 2.25. The Bertz CT molecular complexity index is 576. The number of carbonyl (C=O) groups is 2. The van der Waals surface area contributed by atoms with Crippen LogP contribution in [0.1, 0.15) is 20.7 Å². The minimum atomic E-state index is -0.530. The molecule has 0 aliphatic carbocycles. The molecule has 110 valence electrons. The van der Waals surface area contributed by atoms with Gasteiger partial charge in [0.25, 0.3) is 0 Å². The molecule has 4 nitrogen and oxygen atoms in total. The summed E-state index contributed by atoms with van der Waals surface area (Å²) in [6.45, 7) is 0. The zero-order chi connectivity index (χ0) is 15.1. The Hall–Kier alpha value is -1.66. The summed E-state index contributed by atoms with van der Waals surface area (Å²) in [6, 6.07) is 12.4. The number of hydrogen-bond acceptors (Lipinski definition) is 6. The van der Waals surface area contributed by atoms with Crippen LogP contribution in [0.3, 0.4) is 0 Å². The molecule has 0 heterocycles. The van der Waals surface area contributed by atoms with Gasteiger partial charge < -0.3 is 45.1 Å². The van der Waals surface area contributed by atoms with Crippen LogP contribution in [0.4, 0.5) is 0 Å². The van der Waals surface area contributed by atoms with Crippen LogP contribution in [0.5, 0.6) is 11.5 Å². The van der Waals surface area contributed by atoms with Gasteiger partial charge in [-0.3, -0.25) is 0 Å². The summed E-state index contributed by atoms with van der Waals surface area (Å²) < 4.78 is 0. The van der Waals surface area contributed by atoms with Gasteiger partial charge in [0.05, 0.1) is 0 Å². The molecule has 0 unspecified atom stereocenters. The summed E-state index contributed by atoms with van der Waals surface area (Å²) in [7, 11) is 0. The van der Waals surface area contributed by atoms with E-state index in [1.54, 1.807) is 24.3 Å². The van der Waals surface area contributed by atoms with Crippen molar-refractivity contribution in [1.82, 2.24) is 0 Å². The van der Waals surface area contributed by atoms with Crippen molar-refractivity contribution in [3.8, 4) is 11.5 Å². The van der Waals surface area contributed by atoms with E-state index < -0.39 is 10.2 Å². The maximum Gasteiger partial charge on any atom is 2.00 e. The monoisotopic (exact) mass is 362 g/mol. The van der Waals surface area contributed by atoms with Crippen LogP contribution >= 0.6 is 0 Å². The molecule has 0 amide bonds. The molecule has 0 bridgehead atoms. The molecule has 2 N–H and O–H groups in total. The van der Waals surface area contributed by atoms with E-state index in [0.29, 0.717) is 0 Å². The smallest absolute Gasteiger partial charge is 0.737 e. The van der Waals surface area contributed by atoms with E-state index in [2.05, 4.69) is 25.3 Å². The minimum Gasteiger partial charge on any atom is -0.737 e. The van der Waals surface area contributed by atoms with E-state index in [1.807, 2.05) is 0 Å². The third kappa shape index (κ3) is 6.10. The molecule has 0 saturated carbocycles. The largest absolute Gasteiger partial charge is 2.00 e. The van der Waals surface area contributed by atoms with E-state index in [0.717, 1.165) is 0 Å². The second kappa shape index (κ2) is 9.31. The van der Waals surface area contributed by atoms with Gasteiger partial charge >= 0.3 is 17.1 Å². The van der Waals surface area contributed by atoms with Gasteiger partial charge in [-0.25, -0.2) is 0 Å². The van der Waals surface area contributed by atoms with E-state index in [9.17, 15) is 9.59 Å². The molecule has 2 rings (SSSR count). The molecule has 7 heteroatoms. The number of carbonyl (C=O) groups excluding carboxylic acids is 2. The molecule has 0 aliphatic rings. The Balaban J connectivity index is 0.000000364. The number of aromatic hydroxyl groups is 2. The van der Waals surface area contributed by atoms with Gasteiger partial charge in [0, 0.05) is 21.4 Å². The molecule has 0 aromatic heterocycles. The maximum absolute atomic E-state index is 10.5. The number of para-hydroxylation sites is 2. The number of rotatable bonds is 2. The summed E-state index contributed by atoms with van der Waals surface area (Å²) in [4.78, 5) is 21.0. The van der Waals surface area contributed by atoms with Crippen molar-refractivity contribution in [2.75, 3.05) is 0 Å². The van der Waals surface area contributed by atoms with Crippen molar-refractivity contribution in [2.24, 2.45) is 0 Å². The fourth-order valence-corrected chi connectivity index (χ4v) is 1.64. The van der Waals surface area contributed by atoms with Crippen molar-refractivity contribution in [2.45, 2.75) is 0 Å². The standard InChI is InChI=1S/2C7H6O2S.Fe/c2*8-6-4-2-1-3-5(6)7(9)10;/h2*1-4,8H,(H,9,10);/q;;+2/p-2. The predicted molar refractivity (Wildman–Crippen MR) is 79.6 cm³/mol. The first-order valence-corrected chi connectivity index (χ1v) is 6.23. The van der Waals surface area contributed by atoms with Crippen LogP contribution in [-0.4, -0.2) is 20.4 Å². The average molecular weight is 362 g/mol. The summed E-state index contributed by atoms with van der Waals surface area (Å²) in [5, 5.41) is 16.9. The van der Waals surface area contributed by atoms with Crippen LogP contribution in [-0.2, 0) is 42.3 Å². The SMILES string of the molecule is O=C([S-])c1ccccc1O.O=C([S-])c1ccccc1O.[Fe+2]. The summed E-state index contributed by atoms with van der Waals surface area (Å²) in [6.07, 6.45) is 0. The Morgan fingerprint density at radius 3 is 1.19 bits per heavy atom. The molecule has 0 spiro atoms. The molecule has 0 radical (unpaired) electrons. The van der Waals surface area contributed by atoms with Gasteiger partial charge in [-0.2, -0.15) is 0 Å². The zero-order valence-corrected chi connectivity index (χ0v) is 13.2. The van der Waals surface area contributed by atoms with Crippen molar-refractivity contribution >= 4 is 35.5 Å². The summed E-state index contributed by atoms with van der Waals surface area (Å²) in [5.41, 5.74) is 0.384. The van der Waals surface area contributed by atoms with Gasteiger partial charge in [-0.15, -0.1) is 0 Å². The second-order valence-electron chi connectivity index (χ2n) is 3.61. The molecule has 0 saturated heterocycles. The maximum atomic E-state index is 10.5. The van der Waals surface area contributed by atoms with Gasteiger partial charge in [-0.1, -0.05) is 24.3 Å². The Labute approximate surface area is 143 Å². The first-order valence-electron chi connectivity index (χ1n) is 5.42. The fraction of sp³-hybridized carbons (Fsp3) is 0. The summed E-state index contributed by atoms with van der Waals surface area (Å²) >= 11 is 8.67. The van der Waals surface area contributed by atoms with Gasteiger partial charge in [-0.05, 0) is 24.3 Å². The molecule has 21 heavy (non-hydrogen) atoms. The molecule has 0 fully saturated rings. The first kappa shape index (κ1) is 19.3. The number of phenols is 2. The average Bonchev–Trinajstić information content (AvgIpc) is 2.40. The normalized spacial score (nSPS) is 8.76. The zero-order valence-electron chi connectivity index (χ0n) is 10.5. The van der Waals surface area contributed by atoms with Crippen LogP contribution in [0.15, 0.2) is 48.5 Å². The van der Waals surface area contributed by atoms with Gasteiger partial charge in [0.1, 0.15) is 11.5 Å². The van der Waals surface area contributed by atoms with Crippen LogP contribution in [0, 0.1) is 0 Å². The fourth-order valence-electron chi connectivity index (χ4n) is 1.29. The van der Waals surface area contributed by atoms with E-state index in [4.69, 9.17) is 10.2 Å². The first-order chi connectivity index (χ1) is 9.43. The van der Waals surface area contributed by atoms with E-state index in [1.165, 1.54) is 24.3 Å². The molecular weight excluding hydrogens is 352 g/mol. The molecule has 2 aromatic carbocycles. The van der Waals surface area contributed by atoms with Crippen LogP contribution in [0.2, 0.25) is 0 Å². The van der Waals surface area contributed by atoms with Crippen LogP contribution < -0.4 is 0 Å². The molecule has 0 atom stereocenters. The number of phenolic OH excluding ortho intramolecular Hbond substituents is 2. The summed E-state index contributed by atoms with van der Waals surface area (Å²) in [5.74, 6) is -0.106. The van der Waals surface area contributed by atoms with E-state index in [-0.39, 0.29) is 39.7 Å². The second-order valence-corrected chi connectivity index (χ2v) is 4.35. The Morgan fingerprint density at radius 2 is 1.00 bits per heavy atom. The van der Waals surface area contributed by atoms with Gasteiger partial charge in [0.2, 0.25) is 0 Å². The van der Waals surface area contributed by atoms with Gasteiger partial charge in [0.15, 0.2) is 0 Å². The van der Waals surface area contributed by atoms with Crippen LogP contribution in [0.25, 0.3) is 0 Å². The van der Waals surface area contributed by atoms with Crippen molar-refractivity contribution in [1.29, 1.82) is 0 Å². The predicted octanol–water partition coefficient (Wildman–Crippen LogP) is 2.16. The Kier molecular flexibility index (Phi) is 8.57. The minimum absolute atomic E-state index is 0. The molecule has 0 aliphatic heterocycles. The van der Waals surface area contributed by atoms with E-state index >= 15 is 0 Å². The topological polar surface area (TPSA) is 74.6 Å². The molecular formula is C14H10FeO4S2. The quantitative estimate of drug-likeness (QED) is 0.630. The third-order valence-corrected chi connectivity index (χ3v) is 2.69. The number of hydrogen-bond donors (Lipinski definition) is 2.